The number of nitrogens with one attached hydrogen (secondary N) is 1. The SMILES string of the molecule is NCCCNc1nc(-c2ccc(O)cc2)cc2ncccc12. The lowest BCUT2D eigenvalue weighted by molar-refractivity contribution is 0.475. The molecule has 0 unspecified atom stereocenters. The quantitative estimate of drug-likeness (QED) is 0.630. The molecule has 4 N–H and O–H groups in total. The highest BCUT2D eigenvalue weighted by Crippen LogP contribution is 2.27. The molecule has 0 amide bonds. The van der Waals surface area contributed by atoms with Crippen LogP contribution in [-0.2, 0) is 0 Å². The molecule has 2 heterocycles. The summed E-state index contributed by atoms with van der Waals surface area (Å²) in [6.07, 6.45) is 2.65. The fourth-order valence-corrected chi connectivity index (χ4v) is 2.30. The highest BCUT2D eigenvalue weighted by atomic mass is 16.3. The van der Waals surface area contributed by atoms with Gasteiger partial charge in [0.25, 0.3) is 0 Å². The molecule has 0 aliphatic rings. The van der Waals surface area contributed by atoms with Gasteiger partial charge in [-0.05, 0) is 55.4 Å². The number of pyridine rings is 2. The number of nitrogens with zero attached hydrogens (tertiary/aromatic N) is 2. The Morgan fingerprint density at radius 2 is 1.95 bits per heavy atom. The Morgan fingerprint density at radius 1 is 1.14 bits per heavy atom. The maximum Gasteiger partial charge on any atom is 0.136 e. The summed E-state index contributed by atoms with van der Waals surface area (Å²) in [6.45, 7) is 1.41. The molecule has 3 aromatic rings. The van der Waals surface area contributed by atoms with Gasteiger partial charge in [-0.2, -0.15) is 0 Å². The number of rotatable bonds is 5. The van der Waals surface area contributed by atoms with Crippen molar-refractivity contribution in [3.63, 3.8) is 0 Å². The van der Waals surface area contributed by atoms with Gasteiger partial charge in [-0.1, -0.05) is 0 Å². The largest absolute Gasteiger partial charge is 0.508 e. The summed E-state index contributed by atoms with van der Waals surface area (Å²) in [5, 5.41) is 13.7. The van der Waals surface area contributed by atoms with E-state index in [0.717, 1.165) is 40.9 Å². The summed E-state index contributed by atoms with van der Waals surface area (Å²) in [5.41, 5.74) is 8.19. The Hall–Kier alpha value is -2.66. The molecule has 112 valence electrons. The van der Waals surface area contributed by atoms with E-state index in [9.17, 15) is 5.11 Å². The maximum atomic E-state index is 9.42. The first-order valence-corrected chi connectivity index (χ1v) is 7.27. The van der Waals surface area contributed by atoms with Gasteiger partial charge in [0.05, 0.1) is 11.2 Å². The predicted molar refractivity (Wildman–Crippen MR) is 88.8 cm³/mol. The molecular formula is C17H18N4O. The van der Waals surface area contributed by atoms with Crippen molar-refractivity contribution in [2.45, 2.75) is 6.42 Å². The van der Waals surface area contributed by atoms with Crippen LogP contribution in [0.5, 0.6) is 5.75 Å². The van der Waals surface area contributed by atoms with E-state index in [1.165, 1.54) is 0 Å². The van der Waals surface area contributed by atoms with Crippen LogP contribution in [-0.4, -0.2) is 28.2 Å². The topological polar surface area (TPSA) is 84.1 Å². The highest BCUT2D eigenvalue weighted by Gasteiger charge is 2.08. The molecular weight excluding hydrogens is 276 g/mol. The molecule has 0 fully saturated rings. The number of fused-ring (bicyclic) bond motifs is 1. The van der Waals surface area contributed by atoms with Gasteiger partial charge in [0, 0.05) is 23.7 Å². The third kappa shape index (κ3) is 2.99. The van der Waals surface area contributed by atoms with Crippen LogP contribution in [0.4, 0.5) is 5.82 Å². The fourth-order valence-electron chi connectivity index (χ4n) is 2.30. The van der Waals surface area contributed by atoms with Gasteiger partial charge in [0.15, 0.2) is 0 Å². The number of anilines is 1. The highest BCUT2D eigenvalue weighted by molar-refractivity contribution is 5.91. The van der Waals surface area contributed by atoms with Crippen molar-refractivity contribution < 1.29 is 5.11 Å². The van der Waals surface area contributed by atoms with Crippen LogP contribution < -0.4 is 11.1 Å². The number of hydrogen-bond acceptors (Lipinski definition) is 5. The lowest BCUT2D eigenvalue weighted by atomic mass is 10.1. The normalized spacial score (nSPS) is 10.8. The molecule has 0 bridgehead atoms. The number of phenols is 1. The minimum atomic E-state index is 0.240. The molecule has 0 aliphatic carbocycles. The summed E-state index contributed by atoms with van der Waals surface area (Å²) < 4.78 is 0. The van der Waals surface area contributed by atoms with Gasteiger partial charge >= 0.3 is 0 Å². The van der Waals surface area contributed by atoms with E-state index >= 15 is 0 Å². The first-order valence-electron chi connectivity index (χ1n) is 7.27. The second kappa shape index (κ2) is 6.41. The molecule has 0 atom stereocenters. The molecule has 0 saturated carbocycles. The summed E-state index contributed by atoms with van der Waals surface area (Å²) >= 11 is 0. The van der Waals surface area contributed by atoms with Crippen LogP contribution in [0.3, 0.4) is 0 Å². The molecule has 0 spiro atoms. The van der Waals surface area contributed by atoms with Crippen LogP contribution in [0.2, 0.25) is 0 Å². The lowest BCUT2D eigenvalue weighted by Crippen LogP contribution is -2.10. The van der Waals surface area contributed by atoms with Gasteiger partial charge < -0.3 is 16.2 Å². The van der Waals surface area contributed by atoms with Crippen molar-refractivity contribution in [3.8, 4) is 17.0 Å². The Labute approximate surface area is 128 Å². The van der Waals surface area contributed by atoms with E-state index < -0.39 is 0 Å². The average Bonchev–Trinajstić information content (AvgIpc) is 2.55. The van der Waals surface area contributed by atoms with Gasteiger partial charge in [0.2, 0.25) is 0 Å². The molecule has 3 rings (SSSR count). The summed E-state index contributed by atoms with van der Waals surface area (Å²) in [5.74, 6) is 1.05. The summed E-state index contributed by atoms with van der Waals surface area (Å²) in [6, 6.07) is 12.9. The van der Waals surface area contributed by atoms with E-state index in [0.29, 0.717) is 6.54 Å². The number of benzene rings is 1. The number of nitrogens with two attached hydrogens (primary N) is 1. The van der Waals surface area contributed by atoms with Crippen LogP contribution in [0.25, 0.3) is 22.2 Å². The monoisotopic (exact) mass is 294 g/mol. The number of hydrogen-bond donors (Lipinski definition) is 3. The number of aromatic hydroxyl groups is 1. The van der Waals surface area contributed by atoms with Crippen LogP contribution in [0.1, 0.15) is 6.42 Å². The van der Waals surface area contributed by atoms with E-state index in [4.69, 9.17) is 10.7 Å². The molecule has 0 radical (unpaired) electrons. The first kappa shape index (κ1) is 14.3. The van der Waals surface area contributed by atoms with Crippen molar-refractivity contribution >= 4 is 16.7 Å². The van der Waals surface area contributed by atoms with Crippen molar-refractivity contribution in [1.29, 1.82) is 0 Å². The summed E-state index contributed by atoms with van der Waals surface area (Å²) in [4.78, 5) is 9.12. The average molecular weight is 294 g/mol. The van der Waals surface area contributed by atoms with Crippen molar-refractivity contribution in [2.75, 3.05) is 18.4 Å². The van der Waals surface area contributed by atoms with Crippen LogP contribution in [0.15, 0.2) is 48.7 Å². The fraction of sp³-hybridized carbons (Fsp3) is 0.176. The minimum absolute atomic E-state index is 0.240. The van der Waals surface area contributed by atoms with Crippen molar-refractivity contribution in [3.05, 3.63) is 48.7 Å². The van der Waals surface area contributed by atoms with Crippen molar-refractivity contribution in [1.82, 2.24) is 9.97 Å². The lowest BCUT2D eigenvalue weighted by Gasteiger charge is -2.11. The molecule has 1 aromatic carbocycles. The second-order valence-electron chi connectivity index (χ2n) is 5.04. The Kier molecular flexibility index (Phi) is 4.16. The zero-order valence-corrected chi connectivity index (χ0v) is 12.2. The van der Waals surface area contributed by atoms with Crippen molar-refractivity contribution in [2.24, 2.45) is 5.73 Å². The second-order valence-corrected chi connectivity index (χ2v) is 5.04. The predicted octanol–water partition coefficient (Wildman–Crippen LogP) is 2.76. The van der Waals surface area contributed by atoms with E-state index in [1.54, 1.807) is 18.3 Å². The molecule has 0 saturated heterocycles. The third-order valence-electron chi connectivity index (χ3n) is 3.44. The maximum absolute atomic E-state index is 9.42. The number of phenolic OH excluding ortho intramolecular Hbond substituents is 1. The molecule has 5 heteroatoms. The van der Waals surface area contributed by atoms with Gasteiger partial charge in [-0.15, -0.1) is 0 Å². The van der Waals surface area contributed by atoms with Crippen LogP contribution >= 0.6 is 0 Å². The Balaban J connectivity index is 2.05. The summed E-state index contributed by atoms with van der Waals surface area (Å²) in [7, 11) is 0. The Morgan fingerprint density at radius 3 is 2.73 bits per heavy atom. The first-order chi connectivity index (χ1) is 10.8. The molecule has 2 aromatic heterocycles. The minimum Gasteiger partial charge on any atom is -0.508 e. The number of aromatic nitrogens is 2. The molecule has 22 heavy (non-hydrogen) atoms. The van der Waals surface area contributed by atoms with E-state index in [1.807, 2.05) is 30.3 Å². The van der Waals surface area contributed by atoms with Gasteiger partial charge in [-0.3, -0.25) is 4.98 Å². The zero-order chi connectivity index (χ0) is 15.4. The van der Waals surface area contributed by atoms with Gasteiger partial charge in [-0.25, -0.2) is 4.98 Å². The smallest absolute Gasteiger partial charge is 0.136 e. The molecule has 0 aliphatic heterocycles. The zero-order valence-electron chi connectivity index (χ0n) is 12.2. The Bertz CT molecular complexity index is 771. The molecule has 5 nitrogen and oxygen atoms in total. The van der Waals surface area contributed by atoms with E-state index in [-0.39, 0.29) is 5.75 Å². The van der Waals surface area contributed by atoms with E-state index in [2.05, 4.69) is 10.3 Å². The third-order valence-corrected chi connectivity index (χ3v) is 3.44. The standard InChI is InChI=1S/C17H18N4O/c18-8-2-10-20-17-14-3-1-9-19-16(14)11-15(21-17)12-4-6-13(22)7-5-12/h1,3-7,9,11,22H,2,8,10,18H2,(H,20,21). The van der Waals surface area contributed by atoms with Crippen LogP contribution in [0, 0.1) is 0 Å². The van der Waals surface area contributed by atoms with Gasteiger partial charge in [0.1, 0.15) is 11.6 Å².